The molecule has 0 aliphatic carbocycles. The molecular weight excluding hydrogens is 290 g/mol. The van der Waals surface area contributed by atoms with E-state index in [1.165, 1.54) is 11.2 Å². The number of amides is 1. The van der Waals surface area contributed by atoms with Crippen molar-refractivity contribution in [3.63, 3.8) is 0 Å². The zero-order chi connectivity index (χ0) is 15.5. The second-order valence-corrected chi connectivity index (χ2v) is 7.11. The van der Waals surface area contributed by atoms with E-state index in [1.807, 2.05) is 6.92 Å². The van der Waals surface area contributed by atoms with Gasteiger partial charge in [-0.1, -0.05) is 12.1 Å². The summed E-state index contributed by atoms with van der Waals surface area (Å²) in [4.78, 5) is 11.2. The maximum atomic E-state index is 12.6. The SMILES string of the molecule is CC(=O)NCc1ccc(S(=O)(=O)N2CCNCC2C)cc1. The van der Waals surface area contributed by atoms with Crippen LogP contribution in [0.2, 0.25) is 0 Å². The third kappa shape index (κ3) is 3.81. The average molecular weight is 311 g/mol. The van der Waals surface area contributed by atoms with Gasteiger partial charge in [-0.25, -0.2) is 8.42 Å². The Balaban J connectivity index is 2.14. The largest absolute Gasteiger partial charge is 0.352 e. The van der Waals surface area contributed by atoms with Gasteiger partial charge in [0.25, 0.3) is 0 Å². The summed E-state index contributed by atoms with van der Waals surface area (Å²) in [5, 5.41) is 5.86. The van der Waals surface area contributed by atoms with Gasteiger partial charge in [-0.3, -0.25) is 4.79 Å². The lowest BCUT2D eigenvalue weighted by molar-refractivity contribution is -0.119. The molecule has 21 heavy (non-hydrogen) atoms. The Bertz CT molecular complexity index is 598. The number of rotatable bonds is 4. The Hall–Kier alpha value is -1.44. The van der Waals surface area contributed by atoms with E-state index in [1.54, 1.807) is 24.3 Å². The number of sulfonamides is 1. The minimum atomic E-state index is -3.45. The predicted octanol–water partition coefficient (Wildman–Crippen LogP) is 0.305. The fourth-order valence-corrected chi connectivity index (χ4v) is 3.95. The first kappa shape index (κ1) is 15.9. The van der Waals surface area contributed by atoms with Gasteiger partial charge in [-0.2, -0.15) is 4.31 Å². The van der Waals surface area contributed by atoms with Crippen LogP contribution in [0, 0.1) is 0 Å². The zero-order valence-corrected chi connectivity index (χ0v) is 13.1. The Morgan fingerprint density at radius 3 is 2.62 bits per heavy atom. The minimum Gasteiger partial charge on any atom is -0.352 e. The van der Waals surface area contributed by atoms with Crippen LogP contribution in [-0.4, -0.2) is 44.3 Å². The first-order valence-corrected chi connectivity index (χ1v) is 8.41. The van der Waals surface area contributed by atoms with Gasteiger partial charge in [0.15, 0.2) is 0 Å². The van der Waals surface area contributed by atoms with Crippen LogP contribution in [0.15, 0.2) is 29.2 Å². The number of benzene rings is 1. The van der Waals surface area contributed by atoms with E-state index in [0.717, 1.165) is 5.56 Å². The highest BCUT2D eigenvalue weighted by Crippen LogP contribution is 2.19. The number of hydrogen-bond donors (Lipinski definition) is 2. The lowest BCUT2D eigenvalue weighted by Gasteiger charge is -2.32. The molecular formula is C14H21N3O3S. The zero-order valence-electron chi connectivity index (χ0n) is 12.3. The van der Waals surface area contributed by atoms with Gasteiger partial charge in [0.2, 0.25) is 15.9 Å². The van der Waals surface area contributed by atoms with E-state index in [0.29, 0.717) is 31.1 Å². The summed E-state index contributed by atoms with van der Waals surface area (Å²) in [6.45, 7) is 5.57. The summed E-state index contributed by atoms with van der Waals surface area (Å²) in [7, 11) is -3.45. The summed E-state index contributed by atoms with van der Waals surface area (Å²) >= 11 is 0. The van der Waals surface area contributed by atoms with Crippen molar-refractivity contribution in [2.75, 3.05) is 19.6 Å². The Labute approximate surface area is 125 Å². The van der Waals surface area contributed by atoms with E-state index in [4.69, 9.17) is 0 Å². The Morgan fingerprint density at radius 2 is 2.05 bits per heavy atom. The molecule has 2 N–H and O–H groups in total. The molecule has 6 nitrogen and oxygen atoms in total. The third-order valence-corrected chi connectivity index (χ3v) is 5.54. The molecule has 1 fully saturated rings. The minimum absolute atomic E-state index is 0.0530. The highest BCUT2D eigenvalue weighted by molar-refractivity contribution is 7.89. The van der Waals surface area contributed by atoms with Gasteiger partial charge in [0.05, 0.1) is 4.90 Å². The molecule has 1 aromatic carbocycles. The second-order valence-electron chi connectivity index (χ2n) is 5.22. The smallest absolute Gasteiger partial charge is 0.243 e. The van der Waals surface area contributed by atoms with Crippen LogP contribution >= 0.6 is 0 Å². The first-order chi connectivity index (χ1) is 9.91. The molecule has 1 atom stereocenters. The molecule has 116 valence electrons. The van der Waals surface area contributed by atoms with E-state index in [9.17, 15) is 13.2 Å². The molecule has 1 amide bonds. The predicted molar refractivity (Wildman–Crippen MR) is 80.2 cm³/mol. The van der Waals surface area contributed by atoms with Crippen molar-refractivity contribution in [3.05, 3.63) is 29.8 Å². The fraction of sp³-hybridized carbons (Fsp3) is 0.500. The molecule has 0 spiro atoms. The van der Waals surface area contributed by atoms with Crippen LogP contribution in [0.25, 0.3) is 0 Å². The normalized spacial score (nSPS) is 20.2. The van der Waals surface area contributed by atoms with Crippen LogP contribution in [-0.2, 0) is 21.4 Å². The number of carbonyl (C=O) groups is 1. The van der Waals surface area contributed by atoms with Crippen LogP contribution in [0.3, 0.4) is 0 Å². The Morgan fingerprint density at radius 1 is 1.38 bits per heavy atom. The summed E-state index contributed by atoms with van der Waals surface area (Å²) in [5.74, 6) is -0.110. The highest BCUT2D eigenvalue weighted by atomic mass is 32.2. The molecule has 0 bridgehead atoms. The van der Waals surface area contributed by atoms with Gasteiger partial charge in [-0.15, -0.1) is 0 Å². The van der Waals surface area contributed by atoms with Crippen molar-refractivity contribution in [2.24, 2.45) is 0 Å². The summed E-state index contributed by atoms with van der Waals surface area (Å²) in [5.41, 5.74) is 0.873. The molecule has 0 aromatic heterocycles. The van der Waals surface area contributed by atoms with Crippen LogP contribution < -0.4 is 10.6 Å². The topological polar surface area (TPSA) is 78.5 Å². The monoisotopic (exact) mass is 311 g/mol. The summed E-state index contributed by atoms with van der Waals surface area (Å²) < 4.78 is 26.7. The quantitative estimate of drug-likeness (QED) is 0.838. The van der Waals surface area contributed by atoms with Gasteiger partial charge in [0, 0.05) is 39.1 Å². The maximum absolute atomic E-state index is 12.6. The number of carbonyl (C=O) groups excluding carboxylic acids is 1. The second kappa shape index (κ2) is 6.55. The van der Waals surface area contributed by atoms with Crippen molar-refractivity contribution in [2.45, 2.75) is 31.3 Å². The van der Waals surface area contributed by atoms with Crippen molar-refractivity contribution >= 4 is 15.9 Å². The molecule has 1 heterocycles. The van der Waals surface area contributed by atoms with Gasteiger partial charge in [-0.05, 0) is 24.6 Å². The Kier molecular flexibility index (Phi) is 4.97. The standard InChI is InChI=1S/C14H21N3O3S/c1-11-9-15-7-8-17(11)21(19,20)14-5-3-13(4-6-14)10-16-12(2)18/h3-6,11,15H,7-10H2,1-2H3,(H,16,18). The average Bonchev–Trinajstić information content (AvgIpc) is 2.46. The van der Waals surface area contributed by atoms with Crippen LogP contribution in [0.1, 0.15) is 19.4 Å². The van der Waals surface area contributed by atoms with Gasteiger partial charge >= 0.3 is 0 Å². The fourth-order valence-electron chi connectivity index (χ4n) is 2.32. The van der Waals surface area contributed by atoms with E-state index in [-0.39, 0.29) is 11.9 Å². The van der Waals surface area contributed by atoms with Crippen LogP contribution in [0.4, 0.5) is 0 Å². The molecule has 1 aliphatic rings. The number of piperazine rings is 1. The van der Waals surface area contributed by atoms with Crippen molar-refractivity contribution in [1.29, 1.82) is 0 Å². The summed E-state index contributed by atoms with van der Waals surface area (Å²) in [6.07, 6.45) is 0. The van der Waals surface area contributed by atoms with E-state index in [2.05, 4.69) is 10.6 Å². The highest BCUT2D eigenvalue weighted by Gasteiger charge is 2.30. The maximum Gasteiger partial charge on any atom is 0.243 e. The molecule has 2 rings (SSSR count). The molecule has 0 radical (unpaired) electrons. The van der Waals surface area contributed by atoms with Crippen molar-refractivity contribution in [3.8, 4) is 0 Å². The molecule has 1 aromatic rings. The lowest BCUT2D eigenvalue weighted by atomic mass is 10.2. The third-order valence-electron chi connectivity index (χ3n) is 3.51. The molecule has 1 unspecified atom stereocenters. The number of nitrogens with one attached hydrogen (secondary N) is 2. The van der Waals surface area contributed by atoms with Crippen molar-refractivity contribution < 1.29 is 13.2 Å². The lowest BCUT2D eigenvalue weighted by Crippen LogP contribution is -2.52. The molecule has 1 saturated heterocycles. The van der Waals surface area contributed by atoms with E-state index >= 15 is 0 Å². The number of nitrogens with zero attached hydrogens (tertiary/aromatic N) is 1. The van der Waals surface area contributed by atoms with Crippen LogP contribution in [0.5, 0.6) is 0 Å². The molecule has 7 heteroatoms. The number of hydrogen-bond acceptors (Lipinski definition) is 4. The molecule has 0 saturated carbocycles. The summed E-state index contributed by atoms with van der Waals surface area (Å²) in [6, 6.07) is 6.61. The first-order valence-electron chi connectivity index (χ1n) is 6.97. The molecule has 1 aliphatic heterocycles. The van der Waals surface area contributed by atoms with Crippen molar-refractivity contribution in [1.82, 2.24) is 14.9 Å². The van der Waals surface area contributed by atoms with Gasteiger partial charge < -0.3 is 10.6 Å². The van der Waals surface area contributed by atoms with E-state index < -0.39 is 10.0 Å². The van der Waals surface area contributed by atoms with Gasteiger partial charge in [0.1, 0.15) is 0 Å².